The van der Waals surface area contributed by atoms with Crippen LogP contribution in [0.2, 0.25) is 0 Å². The van der Waals surface area contributed by atoms with Crippen molar-refractivity contribution in [3.05, 3.63) is 23.8 Å². The highest BCUT2D eigenvalue weighted by Gasteiger charge is 2.29. The minimum absolute atomic E-state index is 0. The zero-order valence-corrected chi connectivity index (χ0v) is 21.3. The lowest BCUT2D eigenvalue weighted by Crippen LogP contribution is -2.50. The van der Waals surface area contributed by atoms with Crippen molar-refractivity contribution >= 4 is 35.9 Å². The van der Waals surface area contributed by atoms with Crippen LogP contribution in [-0.2, 0) is 14.9 Å². The number of benzene rings is 1. The molecule has 30 heavy (non-hydrogen) atoms. The van der Waals surface area contributed by atoms with Crippen LogP contribution in [0.1, 0.15) is 39.2 Å². The van der Waals surface area contributed by atoms with Gasteiger partial charge in [-0.2, -0.15) is 0 Å². The molecule has 0 aromatic heterocycles. The average Bonchev–Trinajstić information content (AvgIpc) is 2.74. The normalized spacial score (nSPS) is 17.1. The maximum Gasteiger partial charge on any atom is 0.310 e. The standard InChI is InChI=1S/C22H35N3O4.HI/c1-7-29-20(26)16-9-8-12-25(14-16)21(23-4)24-15-22(2,3)17-10-11-18(27-5)19(13-17)28-6;/h10-11,13,16H,7-9,12,14-15H2,1-6H3,(H,23,24);1H. The molecule has 8 heteroatoms. The number of likely N-dealkylation sites (tertiary alicyclic amines) is 1. The lowest BCUT2D eigenvalue weighted by Gasteiger charge is -2.35. The number of guanidine groups is 1. The van der Waals surface area contributed by atoms with E-state index in [4.69, 9.17) is 14.2 Å². The highest BCUT2D eigenvalue weighted by atomic mass is 127. The first-order chi connectivity index (χ1) is 13.9. The van der Waals surface area contributed by atoms with Gasteiger partial charge in [0.05, 0.1) is 26.7 Å². The Morgan fingerprint density at radius 2 is 1.97 bits per heavy atom. The molecule has 7 nitrogen and oxygen atoms in total. The first kappa shape index (κ1) is 26.3. The summed E-state index contributed by atoms with van der Waals surface area (Å²) in [4.78, 5) is 18.7. The number of aliphatic imine (C=N–C) groups is 1. The molecule has 0 bridgehead atoms. The molecular weight excluding hydrogens is 497 g/mol. The van der Waals surface area contributed by atoms with Gasteiger partial charge in [-0.05, 0) is 37.5 Å². The summed E-state index contributed by atoms with van der Waals surface area (Å²) in [6.07, 6.45) is 1.81. The largest absolute Gasteiger partial charge is 0.493 e. The number of nitrogens with one attached hydrogen (secondary N) is 1. The van der Waals surface area contributed by atoms with E-state index in [0.717, 1.165) is 36.7 Å². The Balaban J connectivity index is 0.00000450. The third-order valence-corrected chi connectivity index (χ3v) is 5.41. The Morgan fingerprint density at radius 1 is 1.27 bits per heavy atom. The monoisotopic (exact) mass is 533 g/mol. The van der Waals surface area contributed by atoms with E-state index in [1.165, 1.54) is 0 Å². The molecule has 1 aliphatic rings. The molecule has 0 aliphatic carbocycles. The summed E-state index contributed by atoms with van der Waals surface area (Å²) in [5.74, 6) is 2.04. The third kappa shape index (κ3) is 6.65. The molecule has 1 aromatic rings. The van der Waals surface area contributed by atoms with Crippen molar-refractivity contribution in [2.75, 3.05) is 47.5 Å². The molecule has 1 N–H and O–H groups in total. The van der Waals surface area contributed by atoms with Crippen LogP contribution < -0.4 is 14.8 Å². The number of hydrogen-bond donors (Lipinski definition) is 1. The van der Waals surface area contributed by atoms with Gasteiger partial charge in [-0.15, -0.1) is 24.0 Å². The molecule has 1 fully saturated rings. The van der Waals surface area contributed by atoms with Crippen LogP contribution in [-0.4, -0.2) is 64.3 Å². The lowest BCUT2D eigenvalue weighted by atomic mass is 9.84. The molecule has 1 aliphatic heterocycles. The maximum absolute atomic E-state index is 12.1. The van der Waals surface area contributed by atoms with Crippen LogP contribution in [0.3, 0.4) is 0 Å². The molecule has 0 amide bonds. The Labute approximate surface area is 197 Å². The molecule has 1 saturated heterocycles. The van der Waals surface area contributed by atoms with Gasteiger partial charge in [-0.3, -0.25) is 9.79 Å². The molecule has 0 spiro atoms. The molecule has 0 radical (unpaired) electrons. The highest BCUT2D eigenvalue weighted by Crippen LogP contribution is 2.33. The predicted octanol–water partition coefficient (Wildman–Crippen LogP) is 3.45. The van der Waals surface area contributed by atoms with E-state index in [1.807, 2.05) is 19.1 Å². The highest BCUT2D eigenvalue weighted by molar-refractivity contribution is 14.0. The van der Waals surface area contributed by atoms with E-state index in [9.17, 15) is 4.79 Å². The number of hydrogen-bond acceptors (Lipinski definition) is 5. The summed E-state index contributed by atoms with van der Waals surface area (Å²) >= 11 is 0. The van der Waals surface area contributed by atoms with Crippen molar-refractivity contribution in [2.45, 2.75) is 39.0 Å². The van der Waals surface area contributed by atoms with Crippen molar-refractivity contribution in [1.29, 1.82) is 0 Å². The molecule has 170 valence electrons. The number of piperidine rings is 1. The van der Waals surface area contributed by atoms with Gasteiger partial charge >= 0.3 is 5.97 Å². The summed E-state index contributed by atoms with van der Waals surface area (Å²) in [6.45, 7) is 8.81. The fraction of sp³-hybridized carbons (Fsp3) is 0.636. The van der Waals surface area contributed by atoms with Crippen molar-refractivity contribution in [2.24, 2.45) is 10.9 Å². The first-order valence-corrected chi connectivity index (χ1v) is 10.2. The van der Waals surface area contributed by atoms with Crippen LogP contribution in [0.4, 0.5) is 0 Å². The smallest absolute Gasteiger partial charge is 0.310 e. The minimum Gasteiger partial charge on any atom is -0.493 e. The van der Waals surface area contributed by atoms with Crippen molar-refractivity contribution < 1.29 is 19.0 Å². The van der Waals surface area contributed by atoms with Gasteiger partial charge in [0.1, 0.15) is 0 Å². The number of methoxy groups -OCH3 is 2. The fourth-order valence-corrected chi connectivity index (χ4v) is 3.61. The number of ether oxygens (including phenoxy) is 3. The Hall–Kier alpha value is -1.71. The van der Waals surface area contributed by atoms with Crippen molar-refractivity contribution in [1.82, 2.24) is 10.2 Å². The zero-order chi connectivity index (χ0) is 21.4. The zero-order valence-electron chi connectivity index (χ0n) is 19.0. The van der Waals surface area contributed by atoms with Crippen LogP contribution in [0.25, 0.3) is 0 Å². The molecule has 1 heterocycles. The Bertz CT molecular complexity index is 724. The predicted molar refractivity (Wildman–Crippen MR) is 130 cm³/mol. The van der Waals surface area contributed by atoms with Crippen molar-refractivity contribution in [3.63, 3.8) is 0 Å². The average molecular weight is 533 g/mol. The second-order valence-electron chi connectivity index (χ2n) is 7.89. The first-order valence-electron chi connectivity index (χ1n) is 10.2. The molecule has 2 rings (SSSR count). The second-order valence-corrected chi connectivity index (χ2v) is 7.89. The number of rotatable bonds is 7. The summed E-state index contributed by atoms with van der Waals surface area (Å²) in [5, 5.41) is 3.49. The number of halogens is 1. The molecule has 1 unspecified atom stereocenters. The van der Waals surface area contributed by atoms with Crippen LogP contribution in [0, 0.1) is 5.92 Å². The second kappa shape index (κ2) is 12.2. The van der Waals surface area contributed by atoms with Crippen LogP contribution in [0.5, 0.6) is 11.5 Å². The van der Waals surface area contributed by atoms with Gasteiger partial charge < -0.3 is 24.4 Å². The van der Waals surface area contributed by atoms with E-state index in [0.29, 0.717) is 25.4 Å². The summed E-state index contributed by atoms with van der Waals surface area (Å²) in [6, 6.07) is 6.00. The number of carbonyl (C=O) groups is 1. The number of nitrogens with zero attached hydrogens (tertiary/aromatic N) is 2. The summed E-state index contributed by atoms with van der Waals surface area (Å²) < 4.78 is 16.0. The van der Waals surface area contributed by atoms with Crippen LogP contribution in [0.15, 0.2) is 23.2 Å². The minimum atomic E-state index is -0.161. The van der Waals surface area contributed by atoms with Gasteiger partial charge in [-0.25, -0.2) is 0 Å². The molecule has 0 saturated carbocycles. The van der Waals surface area contributed by atoms with Gasteiger partial charge in [0, 0.05) is 32.1 Å². The Morgan fingerprint density at radius 3 is 2.57 bits per heavy atom. The SMILES string of the molecule is CCOC(=O)C1CCCN(C(=NC)NCC(C)(C)c2ccc(OC)c(OC)c2)C1.I. The topological polar surface area (TPSA) is 72.4 Å². The van der Waals surface area contributed by atoms with Gasteiger partial charge in [-0.1, -0.05) is 19.9 Å². The Kier molecular flexibility index (Phi) is 10.7. The maximum atomic E-state index is 12.1. The van der Waals surface area contributed by atoms with E-state index in [2.05, 4.69) is 35.1 Å². The quantitative estimate of drug-likeness (QED) is 0.251. The fourth-order valence-electron chi connectivity index (χ4n) is 3.61. The molecule has 1 aromatic carbocycles. The van der Waals surface area contributed by atoms with E-state index < -0.39 is 0 Å². The van der Waals surface area contributed by atoms with Crippen molar-refractivity contribution in [3.8, 4) is 11.5 Å². The van der Waals surface area contributed by atoms with Gasteiger partial charge in [0.15, 0.2) is 17.5 Å². The third-order valence-electron chi connectivity index (χ3n) is 5.41. The van der Waals surface area contributed by atoms with E-state index >= 15 is 0 Å². The van der Waals surface area contributed by atoms with E-state index in [-0.39, 0.29) is 41.3 Å². The number of carbonyl (C=O) groups excluding carboxylic acids is 1. The summed E-state index contributed by atoms with van der Waals surface area (Å²) in [5.41, 5.74) is 0.979. The van der Waals surface area contributed by atoms with Gasteiger partial charge in [0.25, 0.3) is 0 Å². The lowest BCUT2D eigenvalue weighted by molar-refractivity contribution is -0.149. The molecule has 1 atom stereocenters. The van der Waals surface area contributed by atoms with Crippen LogP contribution >= 0.6 is 24.0 Å². The molecular formula is C22H36IN3O4. The van der Waals surface area contributed by atoms with Gasteiger partial charge in [0.2, 0.25) is 0 Å². The number of esters is 1. The summed E-state index contributed by atoms with van der Waals surface area (Å²) in [7, 11) is 5.06. The van der Waals surface area contributed by atoms with E-state index in [1.54, 1.807) is 21.3 Å².